The van der Waals surface area contributed by atoms with Gasteiger partial charge in [0.2, 0.25) is 5.91 Å². The Morgan fingerprint density at radius 2 is 2.20 bits per heavy atom. The molecule has 2 rings (SSSR count). The first-order valence-electron chi connectivity index (χ1n) is 7.44. The molecule has 0 saturated heterocycles. The number of nitrogens with one attached hydrogen (secondary N) is 1. The molecule has 1 saturated carbocycles. The Morgan fingerprint density at radius 3 is 2.75 bits per heavy atom. The molecule has 0 radical (unpaired) electrons. The molecule has 5 heteroatoms. The molecule has 1 aromatic heterocycles. The third-order valence-corrected chi connectivity index (χ3v) is 4.37. The van der Waals surface area contributed by atoms with Gasteiger partial charge in [-0.25, -0.2) is 0 Å². The molecular weight excluding hydrogens is 254 g/mol. The van der Waals surface area contributed by atoms with E-state index in [9.17, 15) is 9.90 Å². The second kappa shape index (κ2) is 6.39. The van der Waals surface area contributed by atoms with Gasteiger partial charge in [-0.1, -0.05) is 19.3 Å². The van der Waals surface area contributed by atoms with Crippen molar-refractivity contribution in [2.75, 3.05) is 6.61 Å². The summed E-state index contributed by atoms with van der Waals surface area (Å²) in [5.74, 6) is 0.305. The zero-order valence-corrected chi connectivity index (χ0v) is 12.4. The summed E-state index contributed by atoms with van der Waals surface area (Å²) >= 11 is 0. The van der Waals surface area contributed by atoms with Crippen molar-refractivity contribution in [2.45, 2.75) is 51.0 Å². The highest BCUT2D eigenvalue weighted by Gasteiger charge is 2.35. The van der Waals surface area contributed by atoms with Crippen LogP contribution in [0, 0.1) is 5.92 Å². The van der Waals surface area contributed by atoms with E-state index in [1.54, 1.807) is 4.68 Å². The van der Waals surface area contributed by atoms with Crippen molar-refractivity contribution < 1.29 is 9.90 Å². The zero-order valence-electron chi connectivity index (χ0n) is 12.4. The Morgan fingerprint density at radius 1 is 1.50 bits per heavy atom. The van der Waals surface area contributed by atoms with E-state index < -0.39 is 5.54 Å². The minimum absolute atomic E-state index is 0.00831. The molecule has 1 unspecified atom stereocenters. The first-order valence-corrected chi connectivity index (χ1v) is 7.44. The van der Waals surface area contributed by atoms with Crippen molar-refractivity contribution in [1.82, 2.24) is 15.1 Å². The van der Waals surface area contributed by atoms with Gasteiger partial charge in [0.15, 0.2) is 0 Å². The zero-order chi connectivity index (χ0) is 14.6. The van der Waals surface area contributed by atoms with Crippen LogP contribution in [-0.4, -0.2) is 32.9 Å². The second-order valence-electron chi connectivity index (χ2n) is 6.12. The predicted molar refractivity (Wildman–Crippen MR) is 77.1 cm³/mol. The van der Waals surface area contributed by atoms with Crippen LogP contribution >= 0.6 is 0 Å². The molecule has 1 aromatic rings. The molecule has 1 atom stereocenters. The maximum atomic E-state index is 12.2. The average Bonchev–Trinajstić information content (AvgIpc) is 2.84. The molecule has 0 spiro atoms. The molecule has 0 bridgehead atoms. The van der Waals surface area contributed by atoms with Crippen LogP contribution in [0.4, 0.5) is 0 Å². The number of hydrogen-bond acceptors (Lipinski definition) is 3. The van der Waals surface area contributed by atoms with Gasteiger partial charge in [-0.2, -0.15) is 5.10 Å². The van der Waals surface area contributed by atoms with E-state index >= 15 is 0 Å². The van der Waals surface area contributed by atoms with Gasteiger partial charge in [0.1, 0.15) is 0 Å². The number of carbonyl (C=O) groups excluding carboxylic acids is 1. The molecule has 1 fully saturated rings. The van der Waals surface area contributed by atoms with Crippen LogP contribution in [0.3, 0.4) is 0 Å². The number of amides is 1. The molecule has 112 valence electrons. The van der Waals surface area contributed by atoms with E-state index in [0.29, 0.717) is 5.92 Å². The molecular formula is C15H25N3O2. The number of aliphatic hydroxyl groups excluding tert-OH is 1. The van der Waals surface area contributed by atoms with Gasteiger partial charge in [-0.05, 0) is 31.7 Å². The van der Waals surface area contributed by atoms with Crippen molar-refractivity contribution >= 4 is 5.91 Å². The first-order chi connectivity index (χ1) is 9.53. The Kier molecular flexibility index (Phi) is 4.81. The Bertz CT molecular complexity index is 452. The highest BCUT2D eigenvalue weighted by Crippen LogP contribution is 2.32. The fourth-order valence-corrected chi connectivity index (χ4v) is 3.10. The number of aromatic nitrogens is 2. The van der Waals surface area contributed by atoms with Crippen molar-refractivity contribution in [1.29, 1.82) is 0 Å². The topological polar surface area (TPSA) is 67.2 Å². The van der Waals surface area contributed by atoms with Crippen LogP contribution in [0.25, 0.3) is 0 Å². The summed E-state index contributed by atoms with van der Waals surface area (Å²) in [5.41, 5.74) is 0.251. The summed E-state index contributed by atoms with van der Waals surface area (Å²) in [6.45, 7) is 1.95. The highest BCUT2D eigenvalue weighted by atomic mass is 16.3. The summed E-state index contributed by atoms with van der Waals surface area (Å²) in [6, 6.07) is 1.84. The maximum absolute atomic E-state index is 12.2. The molecule has 1 amide bonds. The largest absolute Gasteiger partial charge is 0.394 e. The van der Waals surface area contributed by atoms with Gasteiger partial charge in [0, 0.05) is 13.2 Å². The van der Waals surface area contributed by atoms with Crippen molar-refractivity contribution in [2.24, 2.45) is 13.0 Å². The van der Waals surface area contributed by atoms with E-state index in [4.69, 9.17) is 0 Å². The quantitative estimate of drug-likeness (QED) is 0.856. The Balaban J connectivity index is 1.95. The van der Waals surface area contributed by atoms with Crippen LogP contribution in [-0.2, 0) is 18.3 Å². The summed E-state index contributed by atoms with van der Waals surface area (Å²) in [7, 11) is 1.83. The van der Waals surface area contributed by atoms with Crippen LogP contribution in [0.2, 0.25) is 0 Å². The molecule has 2 N–H and O–H groups in total. The molecule has 0 aliphatic heterocycles. The number of hydrogen-bond donors (Lipinski definition) is 2. The standard InChI is InChI=1S/C15H25N3O2/c1-15(11-19,12-6-4-3-5-7-12)16-14(20)10-13-8-9-18(2)17-13/h8-9,12,19H,3-7,10-11H2,1-2H3,(H,16,20). The van der Waals surface area contributed by atoms with Crippen molar-refractivity contribution in [3.8, 4) is 0 Å². The van der Waals surface area contributed by atoms with Gasteiger partial charge >= 0.3 is 0 Å². The predicted octanol–water partition coefficient (Wildman–Crippen LogP) is 1.41. The summed E-state index contributed by atoms with van der Waals surface area (Å²) in [4.78, 5) is 12.2. The fourth-order valence-electron chi connectivity index (χ4n) is 3.10. The van der Waals surface area contributed by atoms with E-state index in [-0.39, 0.29) is 18.9 Å². The third-order valence-electron chi connectivity index (χ3n) is 4.37. The number of nitrogens with zero attached hydrogens (tertiary/aromatic N) is 2. The van der Waals surface area contributed by atoms with E-state index in [0.717, 1.165) is 18.5 Å². The van der Waals surface area contributed by atoms with Crippen LogP contribution in [0.1, 0.15) is 44.7 Å². The average molecular weight is 279 g/mol. The lowest BCUT2D eigenvalue weighted by molar-refractivity contribution is -0.123. The third kappa shape index (κ3) is 3.60. The number of rotatable bonds is 5. The van der Waals surface area contributed by atoms with E-state index in [1.807, 2.05) is 26.2 Å². The van der Waals surface area contributed by atoms with Gasteiger partial charge < -0.3 is 10.4 Å². The molecule has 1 aliphatic carbocycles. The highest BCUT2D eigenvalue weighted by molar-refractivity contribution is 5.78. The Labute approximate surface area is 120 Å². The molecule has 1 aliphatic rings. The first kappa shape index (κ1) is 15.0. The molecule has 0 aromatic carbocycles. The lowest BCUT2D eigenvalue weighted by Gasteiger charge is -2.39. The normalized spacial score (nSPS) is 19.6. The van der Waals surface area contributed by atoms with Crippen LogP contribution in [0.15, 0.2) is 12.3 Å². The van der Waals surface area contributed by atoms with E-state index in [2.05, 4.69) is 10.4 Å². The fraction of sp³-hybridized carbons (Fsp3) is 0.733. The molecule has 20 heavy (non-hydrogen) atoms. The van der Waals surface area contributed by atoms with Gasteiger partial charge in [-0.3, -0.25) is 9.48 Å². The van der Waals surface area contributed by atoms with Gasteiger partial charge in [-0.15, -0.1) is 0 Å². The SMILES string of the molecule is Cn1ccc(CC(=O)NC(C)(CO)C2CCCCC2)n1. The lowest BCUT2D eigenvalue weighted by atomic mass is 9.76. The summed E-state index contributed by atoms with van der Waals surface area (Å²) < 4.78 is 1.69. The van der Waals surface area contributed by atoms with E-state index in [1.165, 1.54) is 19.3 Å². The Hall–Kier alpha value is -1.36. The summed E-state index contributed by atoms with van der Waals surface area (Å²) in [6.07, 6.45) is 7.91. The number of carbonyl (C=O) groups is 1. The minimum atomic E-state index is -0.508. The van der Waals surface area contributed by atoms with Crippen molar-refractivity contribution in [3.05, 3.63) is 18.0 Å². The van der Waals surface area contributed by atoms with Gasteiger partial charge in [0.25, 0.3) is 0 Å². The van der Waals surface area contributed by atoms with Crippen LogP contribution in [0.5, 0.6) is 0 Å². The number of aryl methyl sites for hydroxylation is 1. The molecule has 5 nitrogen and oxygen atoms in total. The minimum Gasteiger partial charge on any atom is -0.394 e. The van der Waals surface area contributed by atoms with Gasteiger partial charge in [0.05, 0.1) is 24.3 Å². The smallest absolute Gasteiger partial charge is 0.226 e. The monoisotopic (exact) mass is 279 g/mol. The van der Waals surface area contributed by atoms with Crippen molar-refractivity contribution in [3.63, 3.8) is 0 Å². The molecule has 1 heterocycles. The lowest BCUT2D eigenvalue weighted by Crippen LogP contribution is -2.55. The maximum Gasteiger partial charge on any atom is 0.226 e. The van der Waals surface area contributed by atoms with Crippen LogP contribution < -0.4 is 5.32 Å². The second-order valence-corrected chi connectivity index (χ2v) is 6.12. The number of aliphatic hydroxyl groups is 1. The summed E-state index contributed by atoms with van der Waals surface area (Å²) in [5, 5.41) is 17.0.